The third-order valence-electron chi connectivity index (χ3n) is 11.3. The Kier molecular flexibility index (Phi) is 7.85. The molecule has 8 aromatic carbocycles. The van der Waals surface area contributed by atoms with Crippen LogP contribution >= 0.6 is 0 Å². The first-order valence-electron chi connectivity index (χ1n) is 19.0. The fourth-order valence-electron chi connectivity index (χ4n) is 8.44. The topological polar surface area (TPSA) is 25.8 Å². The SMILES string of the molecule is CC1(C)c2cc3ccccc3cc2-c2c(-c3cccc(-c4cc(-c5ccc(-c6ccccc6)cc5-c5ccccc5)nc(-c5ccccc5)n4)c3)cccc21. The van der Waals surface area contributed by atoms with E-state index in [-0.39, 0.29) is 5.41 Å². The average Bonchev–Trinajstić information content (AvgIpc) is 3.48. The lowest BCUT2D eigenvalue weighted by Gasteiger charge is -2.22. The number of hydrogen-bond donors (Lipinski definition) is 0. The van der Waals surface area contributed by atoms with Gasteiger partial charge in [-0.05, 0) is 96.7 Å². The van der Waals surface area contributed by atoms with Crippen molar-refractivity contribution in [3.63, 3.8) is 0 Å². The highest BCUT2D eigenvalue weighted by Crippen LogP contribution is 2.53. The summed E-state index contributed by atoms with van der Waals surface area (Å²) in [5, 5.41) is 2.55. The van der Waals surface area contributed by atoms with Crippen LogP contribution in [0.25, 0.3) is 89.2 Å². The molecule has 2 heteroatoms. The lowest BCUT2D eigenvalue weighted by molar-refractivity contribution is 0.661. The van der Waals surface area contributed by atoms with Gasteiger partial charge in [-0.3, -0.25) is 0 Å². The van der Waals surface area contributed by atoms with Gasteiger partial charge in [-0.25, -0.2) is 9.97 Å². The maximum Gasteiger partial charge on any atom is 0.160 e. The molecule has 1 heterocycles. The van der Waals surface area contributed by atoms with Crippen LogP contribution in [-0.2, 0) is 5.41 Å². The maximum atomic E-state index is 5.27. The molecule has 0 spiro atoms. The molecule has 1 aliphatic rings. The summed E-state index contributed by atoms with van der Waals surface area (Å²) in [7, 11) is 0. The minimum absolute atomic E-state index is 0.110. The van der Waals surface area contributed by atoms with Gasteiger partial charge in [0.05, 0.1) is 11.4 Å². The van der Waals surface area contributed by atoms with E-state index < -0.39 is 0 Å². The van der Waals surface area contributed by atoms with Gasteiger partial charge >= 0.3 is 0 Å². The van der Waals surface area contributed by atoms with E-state index in [1.165, 1.54) is 55.3 Å². The third-order valence-corrected chi connectivity index (χ3v) is 11.3. The van der Waals surface area contributed by atoms with E-state index in [4.69, 9.17) is 9.97 Å². The van der Waals surface area contributed by atoms with Crippen LogP contribution < -0.4 is 0 Å². The number of aromatic nitrogens is 2. The van der Waals surface area contributed by atoms with Crippen molar-refractivity contribution >= 4 is 10.8 Å². The van der Waals surface area contributed by atoms with Crippen LogP contribution in [0.3, 0.4) is 0 Å². The lowest BCUT2D eigenvalue weighted by atomic mass is 9.81. The van der Waals surface area contributed by atoms with E-state index in [2.05, 4.69) is 190 Å². The molecule has 0 amide bonds. The molecule has 9 aromatic rings. The highest BCUT2D eigenvalue weighted by Gasteiger charge is 2.37. The van der Waals surface area contributed by atoms with Crippen LogP contribution in [0.1, 0.15) is 25.0 Å². The molecule has 1 aliphatic carbocycles. The first-order chi connectivity index (χ1) is 27.0. The standard InChI is InChI=1S/C53H38N2/c1-53(2)47-27-15-26-43(51(47)46-32-38-22-12-13-23-39(38)33-48(46)53)41-24-14-25-42(30-41)49-34-50(55-52(54-49)37-20-10-5-11-21-37)44-29-28-40(35-16-6-3-7-17-35)31-45(44)36-18-8-4-9-19-36/h3-34H,1-2H3. The summed E-state index contributed by atoms with van der Waals surface area (Å²) in [5.74, 6) is 0.702. The molecule has 1 aromatic heterocycles. The van der Waals surface area contributed by atoms with Crippen molar-refractivity contribution < 1.29 is 0 Å². The molecule has 2 nitrogen and oxygen atoms in total. The summed E-state index contributed by atoms with van der Waals surface area (Å²) in [4.78, 5) is 10.5. The largest absolute Gasteiger partial charge is 0.228 e. The van der Waals surface area contributed by atoms with Crippen molar-refractivity contribution in [2.75, 3.05) is 0 Å². The molecular weight excluding hydrogens is 665 g/mol. The first-order valence-corrected chi connectivity index (χ1v) is 19.0. The summed E-state index contributed by atoms with van der Waals surface area (Å²) in [6.07, 6.45) is 0. The maximum absolute atomic E-state index is 5.27. The van der Waals surface area contributed by atoms with E-state index in [1.807, 2.05) is 18.2 Å². The minimum atomic E-state index is -0.110. The van der Waals surface area contributed by atoms with Crippen LogP contribution in [0.15, 0.2) is 194 Å². The molecule has 0 atom stereocenters. The second-order valence-corrected chi connectivity index (χ2v) is 15.0. The highest BCUT2D eigenvalue weighted by molar-refractivity contribution is 5.99. The number of hydrogen-bond acceptors (Lipinski definition) is 2. The molecule has 55 heavy (non-hydrogen) atoms. The quantitative estimate of drug-likeness (QED) is 0.172. The predicted octanol–water partition coefficient (Wildman–Crippen LogP) is 13.9. The van der Waals surface area contributed by atoms with Gasteiger partial charge in [-0.2, -0.15) is 0 Å². The van der Waals surface area contributed by atoms with E-state index >= 15 is 0 Å². The Labute approximate surface area is 322 Å². The first kappa shape index (κ1) is 32.7. The van der Waals surface area contributed by atoms with Gasteiger partial charge < -0.3 is 0 Å². The van der Waals surface area contributed by atoms with Gasteiger partial charge in [0, 0.05) is 22.1 Å². The Morgan fingerprint density at radius 3 is 1.67 bits per heavy atom. The molecule has 0 N–H and O–H groups in total. The molecular formula is C53H38N2. The minimum Gasteiger partial charge on any atom is -0.228 e. The summed E-state index contributed by atoms with van der Waals surface area (Å²) >= 11 is 0. The van der Waals surface area contributed by atoms with Gasteiger partial charge in [0.2, 0.25) is 0 Å². The number of fused-ring (bicyclic) bond motifs is 4. The molecule has 0 radical (unpaired) electrons. The normalized spacial score (nSPS) is 12.7. The fourth-order valence-corrected chi connectivity index (χ4v) is 8.44. The number of nitrogens with zero attached hydrogens (tertiary/aromatic N) is 2. The van der Waals surface area contributed by atoms with Crippen molar-refractivity contribution in [1.29, 1.82) is 0 Å². The summed E-state index contributed by atoms with van der Waals surface area (Å²) in [6, 6.07) is 69.6. The van der Waals surface area contributed by atoms with Crippen LogP contribution in [0.4, 0.5) is 0 Å². The second-order valence-electron chi connectivity index (χ2n) is 15.0. The molecule has 0 fully saturated rings. The van der Waals surface area contributed by atoms with Crippen LogP contribution in [0, 0.1) is 0 Å². The molecule has 10 rings (SSSR count). The smallest absolute Gasteiger partial charge is 0.160 e. The summed E-state index contributed by atoms with van der Waals surface area (Å²) in [6.45, 7) is 4.71. The third kappa shape index (κ3) is 5.75. The fraction of sp³-hybridized carbons (Fsp3) is 0.0566. The van der Waals surface area contributed by atoms with Crippen LogP contribution in [0.5, 0.6) is 0 Å². The van der Waals surface area contributed by atoms with Crippen molar-refractivity contribution in [3.05, 3.63) is 205 Å². The van der Waals surface area contributed by atoms with Gasteiger partial charge in [0.15, 0.2) is 5.82 Å². The van der Waals surface area contributed by atoms with Gasteiger partial charge in [-0.1, -0.05) is 178 Å². The zero-order valence-corrected chi connectivity index (χ0v) is 30.9. The average molecular weight is 703 g/mol. The number of benzene rings is 8. The Hall–Kier alpha value is -6.90. The van der Waals surface area contributed by atoms with Gasteiger partial charge in [0.1, 0.15) is 0 Å². The molecule has 0 bridgehead atoms. The monoisotopic (exact) mass is 702 g/mol. The van der Waals surface area contributed by atoms with Crippen LogP contribution in [0.2, 0.25) is 0 Å². The second kappa shape index (κ2) is 13.2. The Bertz CT molecular complexity index is 2870. The van der Waals surface area contributed by atoms with Gasteiger partial charge in [0.25, 0.3) is 0 Å². The van der Waals surface area contributed by atoms with E-state index in [9.17, 15) is 0 Å². The molecule has 0 unspecified atom stereocenters. The Morgan fingerprint density at radius 1 is 0.327 bits per heavy atom. The summed E-state index contributed by atoms with van der Waals surface area (Å²) < 4.78 is 0. The Morgan fingerprint density at radius 2 is 0.927 bits per heavy atom. The van der Waals surface area contributed by atoms with Crippen molar-refractivity contribution in [2.45, 2.75) is 19.3 Å². The highest BCUT2D eigenvalue weighted by atomic mass is 14.9. The molecule has 0 aliphatic heterocycles. The predicted molar refractivity (Wildman–Crippen MR) is 230 cm³/mol. The van der Waals surface area contributed by atoms with E-state index in [1.54, 1.807) is 0 Å². The van der Waals surface area contributed by atoms with Crippen molar-refractivity contribution in [3.8, 4) is 78.4 Å². The zero-order valence-electron chi connectivity index (χ0n) is 30.9. The van der Waals surface area contributed by atoms with Crippen LogP contribution in [-0.4, -0.2) is 9.97 Å². The van der Waals surface area contributed by atoms with Crippen molar-refractivity contribution in [1.82, 2.24) is 9.97 Å². The van der Waals surface area contributed by atoms with Crippen molar-refractivity contribution in [2.24, 2.45) is 0 Å². The van der Waals surface area contributed by atoms with Gasteiger partial charge in [-0.15, -0.1) is 0 Å². The molecule has 0 saturated heterocycles. The zero-order chi connectivity index (χ0) is 36.9. The lowest BCUT2D eigenvalue weighted by Crippen LogP contribution is -2.14. The molecule has 0 saturated carbocycles. The summed E-state index contributed by atoms with van der Waals surface area (Å²) in [5.41, 5.74) is 17.2. The van der Waals surface area contributed by atoms with E-state index in [0.29, 0.717) is 5.82 Å². The molecule has 260 valence electrons. The number of rotatable bonds is 6. The Balaban J connectivity index is 1.15. The van der Waals surface area contributed by atoms with E-state index in [0.717, 1.165) is 39.2 Å².